The maximum absolute atomic E-state index is 12.9. The molecule has 146 valence electrons. The highest BCUT2D eigenvalue weighted by Crippen LogP contribution is 2.29. The van der Waals surface area contributed by atoms with Crippen molar-refractivity contribution in [2.24, 2.45) is 0 Å². The van der Waals surface area contributed by atoms with Gasteiger partial charge in [0.15, 0.2) is 0 Å². The number of methoxy groups -OCH3 is 1. The van der Waals surface area contributed by atoms with Crippen molar-refractivity contribution >= 4 is 27.8 Å². The minimum absolute atomic E-state index is 0.0447. The van der Waals surface area contributed by atoms with Gasteiger partial charge in [-0.3, -0.25) is 0 Å². The van der Waals surface area contributed by atoms with Crippen LogP contribution in [-0.2, 0) is 21.3 Å². The number of hydrogen-bond donors (Lipinski definition) is 0. The van der Waals surface area contributed by atoms with E-state index in [2.05, 4.69) is 0 Å². The molecular formula is C19H23NO5S2. The van der Waals surface area contributed by atoms with Crippen LogP contribution in [0.25, 0.3) is 0 Å². The summed E-state index contributed by atoms with van der Waals surface area (Å²) in [6, 6.07) is 11.5. The molecule has 2 rings (SSSR count). The van der Waals surface area contributed by atoms with Crippen LogP contribution in [0, 0.1) is 0 Å². The zero-order valence-corrected chi connectivity index (χ0v) is 17.4. The molecule has 0 atom stereocenters. The minimum atomic E-state index is -3.76. The predicted molar refractivity (Wildman–Crippen MR) is 106 cm³/mol. The van der Waals surface area contributed by atoms with Gasteiger partial charge in [0.05, 0.1) is 24.2 Å². The quantitative estimate of drug-likeness (QED) is 0.491. The van der Waals surface area contributed by atoms with Crippen molar-refractivity contribution in [1.82, 2.24) is 4.31 Å². The van der Waals surface area contributed by atoms with Crippen molar-refractivity contribution in [2.45, 2.75) is 23.3 Å². The zero-order valence-electron chi connectivity index (χ0n) is 15.8. The molecule has 2 aromatic carbocycles. The van der Waals surface area contributed by atoms with Gasteiger partial charge in [-0.05, 0) is 49.1 Å². The normalized spacial score (nSPS) is 11.4. The van der Waals surface area contributed by atoms with Crippen molar-refractivity contribution in [1.29, 1.82) is 0 Å². The van der Waals surface area contributed by atoms with Crippen molar-refractivity contribution in [3.05, 3.63) is 53.6 Å². The first-order chi connectivity index (χ1) is 12.8. The van der Waals surface area contributed by atoms with Crippen LogP contribution < -0.4 is 4.74 Å². The largest absolute Gasteiger partial charge is 0.496 e. The molecule has 0 saturated heterocycles. The summed E-state index contributed by atoms with van der Waals surface area (Å²) < 4.78 is 37.3. The lowest BCUT2D eigenvalue weighted by Crippen LogP contribution is -2.26. The molecule has 0 unspecified atom stereocenters. The summed E-state index contributed by atoms with van der Waals surface area (Å²) >= 11 is 1.56. The first kappa shape index (κ1) is 21.3. The molecule has 0 spiro atoms. The average Bonchev–Trinajstić information content (AvgIpc) is 2.68. The third kappa shape index (κ3) is 5.03. The molecule has 6 nitrogen and oxygen atoms in total. The van der Waals surface area contributed by atoms with Crippen LogP contribution in [0.15, 0.2) is 52.3 Å². The number of carbonyl (C=O) groups is 1. The van der Waals surface area contributed by atoms with Gasteiger partial charge < -0.3 is 9.47 Å². The van der Waals surface area contributed by atoms with Gasteiger partial charge in [0.25, 0.3) is 0 Å². The molecule has 0 aliphatic carbocycles. The first-order valence-electron chi connectivity index (χ1n) is 8.28. The highest BCUT2D eigenvalue weighted by Gasteiger charge is 2.22. The summed E-state index contributed by atoms with van der Waals surface area (Å²) in [7, 11) is -0.679. The molecule has 0 aliphatic heterocycles. The molecule has 0 radical (unpaired) electrons. The maximum Gasteiger partial charge on any atom is 0.338 e. The van der Waals surface area contributed by atoms with Crippen LogP contribution in [-0.4, -0.2) is 45.7 Å². The number of hydrogen-bond acceptors (Lipinski definition) is 6. The fraction of sp³-hybridized carbons (Fsp3) is 0.316. The Morgan fingerprint density at radius 1 is 1.19 bits per heavy atom. The Labute approximate surface area is 164 Å². The number of carbonyl (C=O) groups excluding carboxylic acids is 1. The van der Waals surface area contributed by atoms with E-state index in [0.29, 0.717) is 5.75 Å². The number of benzene rings is 2. The van der Waals surface area contributed by atoms with E-state index in [1.807, 2.05) is 24.5 Å². The van der Waals surface area contributed by atoms with Crippen LogP contribution in [0.3, 0.4) is 0 Å². The number of sulfonamides is 1. The number of nitrogens with zero attached hydrogens (tertiary/aromatic N) is 1. The van der Waals surface area contributed by atoms with Gasteiger partial charge in [0.1, 0.15) is 5.75 Å². The Morgan fingerprint density at radius 3 is 2.56 bits per heavy atom. The van der Waals surface area contributed by atoms with E-state index >= 15 is 0 Å². The number of esters is 1. The summed E-state index contributed by atoms with van der Waals surface area (Å²) in [5, 5.41) is 0. The molecular weight excluding hydrogens is 386 g/mol. The second kappa shape index (κ2) is 9.25. The molecule has 0 amide bonds. The van der Waals surface area contributed by atoms with Gasteiger partial charge in [0.2, 0.25) is 10.0 Å². The Kier molecular flexibility index (Phi) is 7.29. The molecule has 0 fully saturated rings. The van der Waals surface area contributed by atoms with E-state index < -0.39 is 16.0 Å². The van der Waals surface area contributed by atoms with E-state index in [-0.39, 0.29) is 23.6 Å². The minimum Gasteiger partial charge on any atom is -0.496 e. The molecule has 0 aliphatic rings. The summed E-state index contributed by atoms with van der Waals surface area (Å²) in [6.07, 6.45) is 1.95. The summed E-state index contributed by atoms with van der Waals surface area (Å²) in [5.41, 5.74) is 1.01. The van der Waals surface area contributed by atoms with E-state index in [1.165, 1.54) is 35.6 Å². The molecule has 8 heteroatoms. The van der Waals surface area contributed by atoms with Crippen molar-refractivity contribution in [2.75, 3.05) is 27.0 Å². The van der Waals surface area contributed by atoms with Gasteiger partial charge in [0, 0.05) is 18.5 Å². The Bertz CT molecular complexity index is 912. The standard InChI is InChI=1S/C19H23NO5S2/c1-5-25-19(21)15-7-6-8-16(12-15)27(22,23)20(2)13-14-9-10-18(26-4)17(11-14)24-3/h6-12H,5,13H2,1-4H3. The fourth-order valence-corrected chi connectivity index (χ4v) is 4.25. The van der Waals surface area contributed by atoms with E-state index in [4.69, 9.17) is 9.47 Å². The van der Waals surface area contributed by atoms with Crippen molar-refractivity contribution in [3.63, 3.8) is 0 Å². The summed E-state index contributed by atoms with van der Waals surface area (Å²) in [6.45, 7) is 2.10. The highest BCUT2D eigenvalue weighted by atomic mass is 32.2. The summed E-state index contributed by atoms with van der Waals surface area (Å²) in [4.78, 5) is 12.9. The molecule has 0 heterocycles. The second-order valence-corrected chi connectivity index (χ2v) is 8.59. The molecule has 0 N–H and O–H groups in total. The third-order valence-corrected chi connectivity index (χ3v) is 6.48. The third-order valence-electron chi connectivity index (χ3n) is 3.91. The van der Waals surface area contributed by atoms with Gasteiger partial charge in [-0.25, -0.2) is 13.2 Å². The van der Waals surface area contributed by atoms with Crippen molar-refractivity contribution < 1.29 is 22.7 Å². The number of rotatable bonds is 8. The van der Waals surface area contributed by atoms with Gasteiger partial charge in [-0.15, -0.1) is 11.8 Å². The lowest BCUT2D eigenvalue weighted by molar-refractivity contribution is 0.0526. The summed E-state index contributed by atoms with van der Waals surface area (Å²) in [5.74, 6) is 0.157. The fourth-order valence-electron chi connectivity index (χ4n) is 2.50. The number of thioether (sulfide) groups is 1. The van der Waals surface area contributed by atoms with E-state index in [1.54, 1.807) is 25.8 Å². The van der Waals surface area contributed by atoms with Crippen molar-refractivity contribution in [3.8, 4) is 5.75 Å². The van der Waals surface area contributed by atoms with Gasteiger partial charge in [-0.1, -0.05) is 12.1 Å². The monoisotopic (exact) mass is 409 g/mol. The highest BCUT2D eigenvalue weighted by molar-refractivity contribution is 7.98. The Hall–Kier alpha value is -2.03. The van der Waals surface area contributed by atoms with Crippen LogP contribution in [0.5, 0.6) is 5.75 Å². The van der Waals surface area contributed by atoms with Crippen LogP contribution >= 0.6 is 11.8 Å². The molecule has 0 bridgehead atoms. The molecule has 27 heavy (non-hydrogen) atoms. The lowest BCUT2D eigenvalue weighted by Gasteiger charge is -2.18. The molecule has 2 aromatic rings. The molecule has 0 aromatic heterocycles. The first-order valence-corrected chi connectivity index (χ1v) is 10.9. The molecule has 0 saturated carbocycles. The predicted octanol–water partition coefficient (Wildman–Crippen LogP) is 3.41. The Morgan fingerprint density at radius 2 is 1.93 bits per heavy atom. The van der Waals surface area contributed by atoms with Gasteiger partial charge in [-0.2, -0.15) is 4.31 Å². The average molecular weight is 410 g/mol. The lowest BCUT2D eigenvalue weighted by atomic mass is 10.2. The van der Waals surface area contributed by atoms with Crippen LogP contribution in [0.2, 0.25) is 0 Å². The SMILES string of the molecule is CCOC(=O)c1cccc(S(=O)(=O)N(C)Cc2ccc(SC)c(OC)c2)c1. The van der Waals surface area contributed by atoms with Crippen LogP contribution in [0.1, 0.15) is 22.8 Å². The zero-order chi connectivity index (χ0) is 20.0. The number of ether oxygens (including phenoxy) is 2. The second-order valence-electron chi connectivity index (χ2n) is 5.70. The Balaban J connectivity index is 2.26. The smallest absolute Gasteiger partial charge is 0.338 e. The van der Waals surface area contributed by atoms with Crippen LogP contribution in [0.4, 0.5) is 0 Å². The maximum atomic E-state index is 12.9. The van der Waals surface area contributed by atoms with E-state index in [9.17, 15) is 13.2 Å². The topological polar surface area (TPSA) is 72.9 Å². The van der Waals surface area contributed by atoms with Gasteiger partial charge >= 0.3 is 5.97 Å². The van der Waals surface area contributed by atoms with E-state index in [0.717, 1.165) is 10.5 Å².